The third-order valence-corrected chi connectivity index (χ3v) is 3.78. The van der Waals surface area contributed by atoms with E-state index in [1.165, 1.54) is 11.1 Å². The van der Waals surface area contributed by atoms with Gasteiger partial charge in [0.15, 0.2) is 0 Å². The minimum atomic E-state index is -0.0627. The second-order valence-corrected chi connectivity index (χ2v) is 5.73. The van der Waals surface area contributed by atoms with Crippen LogP contribution in [0.1, 0.15) is 18.1 Å². The van der Waals surface area contributed by atoms with Crippen molar-refractivity contribution >= 4 is 15.9 Å². The Labute approximate surface area is 116 Å². The van der Waals surface area contributed by atoms with Crippen molar-refractivity contribution in [3.05, 3.63) is 64.4 Å². The van der Waals surface area contributed by atoms with Crippen molar-refractivity contribution in [1.82, 2.24) is 4.98 Å². The first-order valence-electron chi connectivity index (χ1n) is 5.99. The molecule has 0 fully saturated rings. The van der Waals surface area contributed by atoms with E-state index in [-0.39, 0.29) is 5.41 Å². The third-order valence-electron chi connectivity index (χ3n) is 3.29. The van der Waals surface area contributed by atoms with Crippen LogP contribution in [0.3, 0.4) is 0 Å². The molecule has 1 heterocycles. The molecule has 0 bridgehead atoms. The number of halogens is 1. The highest BCUT2D eigenvalue weighted by Crippen LogP contribution is 2.28. The lowest BCUT2D eigenvalue weighted by Gasteiger charge is -2.29. The van der Waals surface area contributed by atoms with Crippen molar-refractivity contribution in [3.63, 3.8) is 0 Å². The molecule has 0 aliphatic carbocycles. The van der Waals surface area contributed by atoms with E-state index in [1.54, 1.807) is 6.20 Å². The fraction of sp³-hybridized carbons (Fsp3) is 0.267. The number of hydrogen-bond acceptors (Lipinski definition) is 2. The minimum absolute atomic E-state index is 0.0627. The van der Waals surface area contributed by atoms with Gasteiger partial charge in [-0.2, -0.15) is 0 Å². The molecule has 0 radical (unpaired) electrons. The van der Waals surface area contributed by atoms with Gasteiger partial charge in [-0.15, -0.1) is 0 Å². The molecule has 0 amide bonds. The van der Waals surface area contributed by atoms with Crippen LogP contribution in [0.2, 0.25) is 0 Å². The maximum absolute atomic E-state index is 6.00. The van der Waals surface area contributed by atoms with Crippen LogP contribution in [0, 0.1) is 0 Å². The van der Waals surface area contributed by atoms with Gasteiger partial charge in [-0.05, 0) is 35.7 Å². The number of hydrogen-bond donors (Lipinski definition) is 1. The number of nitrogens with two attached hydrogens (primary N) is 1. The first kappa shape index (κ1) is 13.2. The van der Waals surface area contributed by atoms with Gasteiger partial charge in [-0.3, -0.25) is 4.98 Å². The summed E-state index contributed by atoms with van der Waals surface area (Å²) in [6.07, 6.45) is 4.60. The number of pyridine rings is 1. The van der Waals surface area contributed by atoms with E-state index in [1.807, 2.05) is 18.3 Å². The Morgan fingerprint density at radius 1 is 1.28 bits per heavy atom. The molecule has 94 valence electrons. The van der Waals surface area contributed by atoms with E-state index in [0.717, 1.165) is 10.9 Å². The van der Waals surface area contributed by atoms with Gasteiger partial charge in [-0.1, -0.05) is 41.1 Å². The quantitative estimate of drug-likeness (QED) is 0.941. The molecule has 2 rings (SSSR count). The molecule has 1 aromatic heterocycles. The van der Waals surface area contributed by atoms with Crippen molar-refractivity contribution in [2.45, 2.75) is 18.8 Å². The molecular weight excluding hydrogens is 288 g/mol. The predicted molar refractivity (Wildman–Crippen MR) is 78.5 cm³/mol. The first-order valence-corrected chi connectivity index (χ1v) is 6.78. The summed E-state index contributed by atoms with van der Waals surface area (Å²) in [4.78, 5) is 4.16. The summed E-state index contributed by atoms with van der Waals surface area (Å²) in [6.45, 7) is 2.81. The highest BCUT2D eigenvalue weighted by atomic mass is 79.9. The van der Waals surface area contributed by atoms with Crippen molar-refractivity contribution in [3.8, 4) is 0 Å². The summed E-state index contributed by atoms with van der Waals surface area (Å²) in [5, 5.41) is 0. The van der Waals surface area contributed by atoms with Gasteiger partial charge in [0, 0.05) is 28.8 Å². The summed E-state index contributed by atoms with van der Waals surface area (Å²) in [5.74, 6) is 0. The molecule has 0 aliphatic rings. The molecule has 1 atom stereocenters. The Bertz CT molecular complexity index is 513. The van der Waals surface area contributed by atoms with Crippen LogP contribution < -0.4 is 5.73 Å². The maximum Gasteiger partial charge on any atom is 0.0300 e. The van der Waals surface area contributed by atoms with Gasteiger partial charge in [0.25, 0.3) is 0 Å². The maximum atomic E-state index is 6.00. The number of aromatic nitrogens is 1. The van der Waals surface area contributed by atoms with Crippen molar-refractivity contribution < 1.29 is 0 Å². The van der Waals surface area contributed by atoms with Gasteiger partial charge in [0.1, 0.15) is 0 Å². The fourth-order valence-electron chi connectivity index (χ4n) is 2.11. The lowest BCUT2D eigenvalue weighted by atomic mass is 9.78. The predicted octanol–water partition coefficient (Wildman–Crippen LogP) is 3.30. The van der Waals surface area contributed by atoms with Gasteiger partial charge in [0.2, 0.25) is 0 Å². The molecule has 3 heteroatoms. The largest absolute Gasteiger partial charge is 0.330 e. The van der Waals surface area contributed by atoms with Crippen LogP contribution in [0.25, 0.3) is 0 Å². The summed E-state index contributed by atoms with van der Waals surface area (Å²) < 4.78 is 1.09. The Hall–Kier alpha value is -1.19. The van der Waals surface area contributed by atoms with Gasteiger partial charge in [-0.25, -0.2) is 0 Å². The lowest BCUT2D eigenvalue weighted by Crippen LogP contribution is -2.34. The fourth-order valence-corrected chi connectivity index (χ4v) is 2.51. The molecule has 2 N–H and O–H groups in total. The highest BCUT2D eigenvalue weighted by Gasteiger charge is 2.25. The van der Waals surface area contributed by atoms with Crippen LogP contribution in [0.15, 0.2) is 53.3 Å². The average molecular weight is 305 g/mol. The van der Waals surface area contributed by atoms with Crippen molar-refractivity contribution in [2.75, 3.05) is 6.54 Å². The Morgan fingerprint density at radius 2 is 2.11 bits per heavy atom. The highest BCUT2D eigenvalue weighted by molar-refractivity contribution is 9.10. The number of nitrogens with zero attached hydrogens (tertiary/aromatic N) is 1. The SMILES string of the molecule is CC(CN)(Cc1cccnc1)c1cccc(Br)c1. The van der Waals surface area contributed by atoms with Gasteiger partial charge < -0.3 is 5.73 Å². The van der Waals surface area contributed by atoms with E-state index in [2.05, 4.69) is 52.1 Å². The summed E-state index contributed by atoms with van der Waals surface area (Å²) in [7, 11) is 0. The zero-order chi connectivity index (χ0) is 13.0. The van der Waals surface area contributed by atoms with Gasteiger partial charge in [0.05, 0.1) is 0 Å². The zero-order valence-electron chi connectivity index (χ0n) is 10.4. The van der Waals surface area contributed by atoms with Crippen LogP contribution in [0.5, 0.6) is 0 Å². The second-order valence-electron chi connectivity index (χ2n) is 4.81. The molecule has 1 aromatic carbocycles. The van der Waals surface area contributed by atoms with Crippen molar-refractivity contribution in [1.29, 1.82) is 0 Å². The number of rotatable bonds is 4. The van der Waals surface area contributed by atoms with Crippen molar-refractivity contribution in [2.24, 2.45) is 5.73 Å². The van der Waals surface area contributed by atoms with Crippen LogP contribution in [-0.2, 0) is 11.8 Å². The molecule has 0 spiro atoms. The second kappa shape index (κ2) is 5.63. The van der Waals surface area contributed by atoms with Gasteiger partial charge >= 0.3 is 0 Å². The molecule has 1 unspecified atom stereocenters. The number of benzene rings is 1. The van der Waals surface area contributed by atoms with E-state index in [4.69, 9.17) is 5.73 Å². The van der Waals surface area contributed by atoms with Crippen LogP contribution in [-0.4, -0.2) is 11.5 Å². The first-order chi connectivity index (χ1) is 8.64. The summed E-state index contributed by atoms with van der Waals surface area (Å²) >= 11 is 3.52. The third kappa shape index (κ3) is 2.98. The minimum Gasteiger partial charge on any atom is -0.330 e. The molecule has 0 aliphatic heterocycles. The van der Waals surface area contributed by atoms with Crippen LogP contribution in [0.4, 0.5) is 0 Å². The molecule has 0 saturated carbocycles. The van der Waals surface area contributed by atoms with E-state index < -0.39 is 0 Å². The average Bonchev–Trinajstić information content (AvgIpc) is 2.40. The normalized spacial score (nSPS) is 14.2. The Morgan fingerprint density at radius 3 is 2.72 bits per heavy atom. The molecule has 18 heavy (non-hydrogen) atoms. The zero-order valence-corrected chi connectivity index (χ0v) is 12.0. The van der Waals surface area contributed by atoms with E-state index in [0.29, 0.717) is 6.54 Å². The molecule has 0 saturated heterocycles. The summed E-state index contributed by atoms with van der Waals surface area (Å²) in [5.41, 5.74) is 8.40. The van der Waals surface area contributed by atoms with E-state index in [9.17, 15) is 0 Å². The Balaban J connectivity index is 2.31. The van der Waals surface area contributed by atoms with Crippen LogP contribution >= 0.6 is 15.9 Å². The topological polar surface area (TPSA) is 38.9 Å². The van der Waals surface area contributed by atoms with E-state index >= 15 is 0 Å². The lowest BCUT2D eigenvalue weighted by molar-refractivity contribution is 0.480. The molecule has 2 nitrogen and oxygen atoms in total. The Kier molecular flexibility index (Phi) is 4.15. The smallest absolute Gasteiger partial charge is 0.0300 e. The summed E-state index contributed by atoms with van der Waals surface area (Å²) in [6, 6.07) is 12.4. The monoisotopic (exact) mass is 304 g/mol. The molecular formula is C15H17BrN2. The molecule has 2 aromatic rings. The standard InChI is InChI=1S/C15H17BrN2/c1-15(11-17,9-12-4-3-7-18-10-12)13-5-2-6-14(16)8-13/h2-8,10H,9,11,17H2,1H3.